The molecule has 3 heteroatoms. The molecule has 0 amide bonds. The maximum absolute atomic E-state index is 6.36. The van der Waals surface area contributed by atoms with Gasteiger partial charge in [0.25, 0.3) is 0 Å². The van der Waals surface area contributed by atoms with Crippen molar-refractivity contribution in [2.24, 2.45) is 0 Å². The predicted molar refractivity (Wildman–Crippen MR) is 110 cm³/mol. The lowest BCUT2D eigenvalue weighted by Crippen LogP contribution is -2.14. The Morgan fingerprint density at radius 1 is 0.962 bits per heavy atom. The zero-order valence-electron chi connectivity index (χ0n) is 17.1. The average Bonchev–Trinajstić information content (AvgIpc) is 2.88. The number of aromatic nitrogens is 2. The molecule has 0 saturated heterocycles. The summed E-state index contributed by atoms with van der Waals surface area (Å²) in [5.74, 6) is 0.948. The molecule has 0 saturated carbocycles. The predicted octanol–water partition coefficient (Wildman–Crippen LogP) is 6.34. The highest BCUT2D eigenvalue weighted by Crippen LogP contribution is 2.38. The molecule has 26 heavy (non-hydrogen) atoms. The highest BCUT2D eigenvalue weighted by Gasteiger charge is 2.20. The van der Waals surface area contributed by atoms with Gasteiger partial charge in [0.15, 0.2) is 0 Å². The summed E-state index contributed by atoms with van der Waals surface area (Å²) in [5, 5.41) is 1.11. The zero-order valence-corrected chi connectivity index (χ0v) is 17.1. The first-order chi connectivity index (χ1) is 12.3. The van der Waals surface area contributed by atoms with E-state index in [2.05, 4.69) is 64.7 Å². The summed E-state index contributed by atoms with van der Waals surface area (Å²) in [6.45, 7) is 15.0. The van der Waals surface area contributed by atoms with Gasteiger partial charge in [-0.25, -0.2) is 0 Å². The zero-order chi connectivity index (χ0) is 19.0. The highest BCUT2D eigenvalue weighted by atomic mass is 16.5. The minimum atomic E-state index is 0.237. The lowest BCUT2D eigenvalue weighted by molar-refractivity contribution is 0.195. The molecule has 0 aliphatic carbocycles. The van der Waals surface area contributed by atoms with Gasteiger partial charge in [-0.1, -0.05) is 31.5 Å². The first-order valence-corrected chi connectivity index (χ1v) is 9.60. The summed E-state index contributed by atoms with van der Waals surface area (Å²) in [5.41, 5.74) is 9.31. The number of ether oxygens (including phenoxy) is 1. The minimum absolute atomic E-state index is 0.237. The summed E-state index contributed by atoms with van der Waals surface area (Å²) in [7, 11) is 0. The lowest BCUT2D eigenvalue weighted by atomic mass is 9.96. The normalized spacial score (nSPS) is 11.5. The summed E-state index contributed by atoms with van der Waals surface area (Å²) >= 11 is 0. The molecule has 0 bridgehead atoms. The number of aryl methyl sites for hydroxylation is 5. The lowest BCUT2D eigenvalue weighted by Gasteiger charge is -2.17. The maximum atomic E-state index is 6.36. The molecular weight excluding hydrogens is 320 g/mol. The van der Waals surface area contributed by atoms with E-state index in [4.69, 9.17) is 9.72 Å². The largest absolute Gasteiger partial charge is 0.490 e. The van der Waals surface area contributed by atoms with Crippen LogP contribution in [0.1, 0.15) is 54.8 Å². The van der Waals surface area contributed by atoms with E-state index in [-0.39, 0.29) is 6.10 Å². The topological polar surface area (TPSA) is 37.9 Å². The number of pyridine rings is 1. The molecule has 0 radical (unpaired) electrons. The first kappa shape index (κ1) is 18.5. The van der Waals surface area contributed by atoms with Gasteiger partial charge in [0.1, 0.15) is 11.3 Å². The number of hydrogen-bond donors (Lipinski definition) is 1. The Bertz CT molecular complexity index is 925. The molecule has 0 aliphatic rings. The number of H-pyrrole nitrogens is 1. The Hall–Kier alpha value is -2.29. The van der Waals surface area contributed by atoms with Crippen LogP contribution in [0, 0.1) is 34.6 Å². The molecule has 3 rings (SSSR count). The van der Waals surface area contributed by atoms with Crippen LogP contribution in [0.15, 0.2) is 18.2 Å². The number of fused-ring (bicyclic) bond motifs is 1. The quantitative estimate of drug-likeness (QED) is 0.583. The molecule has 3 nitrogen and oxygen atoms in total. The smallest absolute Gasteiger partial charge is 0.132 e. The van der Waals surface area contributed by atoms with Crippen LogP contribution in [0.5, 0.6) is 5.75 Å². The van der Waals surface area contributed by atoms with Gasteiger partial charge in [0.05, 0.1) is 17.2 Å². The van der Waals surface area contributed by atoms with Crippen LogP contribution >= 0.6 is 0 Å². The van der Waals surface area contributed by atoms with Gasteiger partial charge in [-0.3, -0.25) is 4.98 Å². The molecule has 2 heterocycles. The van der Waals surface area contributed by atoms with Crippen LogP contribution < -0.4 is 4.74 Å². The molecule has 0 atom stereocenters. The van der Waals surface area contributed by atoms with Crippen molar-refractivity contribution in [2.75, 3.05) is 0 Å². The molecule has 0 spiro atoms. The fourth-order valence-corrected chi connectivity index (χ4v) is 3.98. The van der Waals surface area contributed by atoms with Crippen molar-refractivity contribution in [1.82, 2.24) is 9.97 Å². The van der Waals surface area contributed by atoms with Gasteiger partial charge >= 0.3 is 0 Å². The van der Waals surface area contributed by atoms with Crippen molar-refractivity contribution in [1.29, 1.82) is 0 Å². The third kappa shape index (κ3) is 3.23. The summed E-state index contributed by atoms with van der Waals surface area (Å²) in [6.07, 6.45) is 2.25. The number of benzene rings is 1. The molecule has 1 aromatic carbocycles. The minimum Gasteiger partial charge on any atom is -0.490 e. The molecular formula is C23H30N2O. The third-order valence-electron chi connectivity index (χ3n) is 5.17. The van der Waals surface area contributed by atoms with Crippen LogP contribution in [-0.4, -0.2) is 16.1 Å². The molecule has 0 fully saturated rings. The summed E-state index contributed by atoms with van der Waals surface area (Å²) in [6, 6.07) is 6.55. The number of nitrogens with one attached hydrogen (secondary N) is 1. The molecule has 0 unspecified atom stereocenters. The van der Waals surface area contributed by atoms with E-state index in [1.54, 1.807) is 0 Å². The van der Waals surface area contributed by atoms with Crippen molar-refractivity contribution in [3.05, 3.63) is 46.3 Å². The molecule has 3 aromatic rings. The van der Waals surface area contributed by atoms with Crippen LogP contribution in [0.3, 0.4) is 0 Å². The molecule has 138 valence electrons. The molecule has 0 aliphatic heterocycles. The SMILES string of the molecule is CCC(CC)Oc1cc(C)nc2c(-c3c(C)cc(C)cc3C)[nH]c(C)c12. The number of hydrogen-bond acceptors (Lipinski definition) is 2. The van der Waals surface area contributed by atoms with E-state index in [0.717, 1.165) is 46.6 Å². The van der Waals surface area contributed by atoms with Crippen LogP contribution in [0.2, 0.25) is 0 Å². The standard InChI is InChI=1S/C23H30N2O/c1-8-18(9-2)26-19-12-16(6)24-23-21(19)17(7)25-22(23)20-14(4)10-13(3)11-15(20)5/h10-12,18,25H,8-9H2,1-7H3. The number of rotatable bonds is 5. The Balaban J connectivity index is 2.26. The van der Waals surface area contributed by atoms with Gasteiger partial charge in [-0.15, -0.1) is 0 Å². The third-order valence-corrected chi connectivity index (χ3v) is 5.17. The van der Waals surface area contributed by atoms with E-state index in [1.807, 2.05) is 6.92 Å². The Labute approximate surface area is 156 Å². The van der Waals surface area contributed by atoms with Crippen LogP contribution in [-0.2, 0) is 0 Å². The fourth-order valence-electron chi connectivity index (χ4n) is 3.98. The number of nitrogens with zero attached hydrogens (tertiary/aromatic N) is 1. The Kier molecular flexibility index (Phi) is 5.08. The van der Waals surface area contributed by atoms with Crippen LogP contribution in [0.4, 0.5) is 0 Å². The van der Waals surface area contributed by atoms with Gasteiger partial charge < -0.3 is 9.72 Å². The average molecular weight is 351 g/mol. The van der Waals surface area contributed by atoms with Crippen LogP contribution in [0.25, 0.3) is 22.2 Å². The monoisotopic (exact) mass is 350 g/mol. The van der Waals surface area contributed by atoms with Gasteiger partial charge in [-0.05, 0) is 58.6 Å². The van der Waals surface area contributed by atoms with Crippen molar-refractivity contribution in [3.63, 3.8) is 0 Å². The van der Waals surface area contributed by atoms with Crippen molar-refractivity contribution in [3.8, 4) is 17.0 Å². The second-order valence-corrected chi connectivity index (χ2v) is 7.44. The number of aromatic amines is 1. The fraction of sp³-hybridized carbons (Fsp3) is 0.435. The molecule has 2 aromatic heterocycles. The highest BCUT2D eigenvalue weighted by molar-refractivity contribution is 5.99. The Morgan fingerprint density at radius 3 is 2.15 bits per heavy atom. The van der Waals surface area contributed by atoms with E-state index in [0.29, 0.717) is 0 Å². The van der Waals surface area contributed by atoms with Gasteiger partial charge in [0.2, 0.25) is 0 Å². The van der Waals surface area contributed by atoms with E-state index < -0.39 is 0 Å². The Morgan fingerprint density at radius 2 is 1.58 bits per heavy atom. The summed E-state index contributed by atoms with van der Waals surface area (Å²) in [4.78, 5) is 8.49. The van der Waals surface area contributed by atoms with Crippen molar-refractivity contribution in [2.45, 2.75) is 67.4 Å². The van der Waals surface area contributed by atoms with Crippen molar-refractivity contribution >= 4 is 10.9 Å². The van der Waals surface area contributed by atoms with E-state index in [9.17, 15) is 0 Å². The van der Waals surface area contributed by atoms with Gasteiger partial charge in [-0.2, -0.15) is 0 Å². The van der Waals surface area contributed by atoms with Crippen molar-refractivity contribution < 1.29 is 4.74 Å². The van der Waals surface area contributed by atoms with E-state index in [1.165, 1.54) is 22.3 Å². The second kappa shape index (κ2) is 7.14. The maximum Gasteiger partial charge on any atom is 0.132 e. The molecule has 1 N–H and O–H groups in total. The first-order valence-electron chi connectivity index (χ1n) is 9.60. The van der Waals surface area contributed by atoms with E-state index >= 15 is 0 Å². The second-order valence-electron chi connectivity index (χ2n) is 7.44. The van der Waals surface area contributed by atoms with Gasteiger partial charge in [0, 0.05) is 23.0 Å². The summed E-state index contributed by atoms with van der Waals surface area (Å²) < 4.78 is 6.36.